The molecule has 1 N–H and O–H groups in total. The summed E-state index contributed by atoms with van der Waals surface area (Å²) in [6, 6.07) is 7.07. The Kier molecular flexibility index (Phi) is 8.81. The smallest absolute Gasteiger partial charge is 0.303 e. The molecule has 1 aromatic carbocycles. The Bertz CT molecular complexity index is 813. The van der Waals surface area contributed by atoms with Crippen LogP contribution in [-0.4, -0.2) is 61.1 Å². The molecule has 0 saturated carbocycles. The Balaban J connectivity index is 2.43. The summed E-state index contributed by atoms with van der Waals surface area (Å²) in [4.78, 5) is 46.6. The predicted octanol–water partition coefficient (Wildman–Crippen LogP) is 1.94. The molecule has 5 atom stereocenters. The van der Waals surface area contributed by atoms with Crippen molar-refractivity contribution in [1.29, 1.82) is 0 Å². The van der Waals surface area contributed by atoms with Gasteiger partial charge in [-0.25, -0.2) is 0 Å². The molecule has 31 heavy (non-hydrogen) atoms. The maximum atomic E-state index is 11.8. The van der Waals surface area contributed by atoms with Crippen molar-refractivity contribution in [3.63, 3.8) is 0 Å². The topological polar surface area (TPSA) is 126 Å². The van der Waals surface area contributed by atoms with Gasteiger partial charge in [0.2, 0.25) is 0 Å². The van der Waals surface area contributed by atoms with Gasteiger partial charge >= 0.3 is 23.9 Å². The third kappa shape index (κ3) is 7.51. The minimum Gasteiger partial charge on any atom is -0.463 e. The minimum atomic E-state index is -1.22. The first-order valence-electron chi connectivity index (χ1n) is 9.39. The van der Waals surface area contributed by atoms with Crippen LogP contribution in [-0.2, 0) is 42.9 Å². The van der Waals surface area contributed by atoms with Crippen molar-refractivity contribution >= 4 is 45.5 Å². The first-order valence-corrected chi connectivity index (χ1v) is 10.2. The number of nitrogens with one attached hydrogen (secondary N) is 1. The molecule has 1 aliphatic rings. The van der Waals surface area contributed by atoms with Crippen molar-refractivity contribution in [2.24, 2.45) is 0 Å². The van der Waals surface area contributed by atoms with E-state index in [4.69, 9.17) is 23.7 Å². The molecule has 0 unspecified atom stereocenters. The SMILES string of the molecule is CC(=O)OC[C@H]1O[C@@H](Nc2ccc(Br)cc2)[C@H](OC(C)=O)[C@@H](OC(C)=O)[C@@H]1OC(C)=O. The molecular weight excluding hydrogens is 478 g/mol. The highest BCUT2D eigenvalue weighted by molar-refractivity contribution is 9.10. The van der Waals surface area contributed by atoms with Crippen molar-refractivity contribution in [3.05, 3.63) is 28.7 Å². The number of carbonyl (C=O) groups is 4. The molecule has 1 fully saturated rings. The number of hydrogen-bond acceptors (Lipinski definition) is 10. The molecule has 0 bridgehead atoms. The minimum absolute atomic E-state index is 0.281. The maximum absolute atomic E-state index is 11.8. The average Bonchev–Trinajstić information content (AvgIpc) is 2.65. The lowest BCUT2D eigenvalue weighted by molar-refractivity contribution is -0.247. The van der Waals surface area contributed by atoms with E-state index in [1.165, 1.54) is 27.7 Å². The molecule has 10 nitrogen and oxygen atoms in total. The molecule has 0 radical (unpaired) electrons. The predicted molar refractivity (Wildman–Crippen MR) is 110 cm³/mol. The molecule has 11 heteroatoms. The lowest BCUT2D eigenvalue weighted by Crippen LogP contribution is -2.64. The number of benzene rings is 1. The van der Waals surface area contributed by atoms with Gasteiger partial charge in [-0.3, -0.25) is 19.2 Å². The lowest BCUT2D eigenvalue weighted by Gasteiger charge is -2.44. The summed E-state index contributed by atoms with van der Waals surface area (Å²) in [7, 11) is 0. The Morgan fingerprint density at radius 2 is 1.35 bits per heavy atom. The Morgan fingerprint density at radius 1 is 0.839 bits per heavy atom. The summed E-state index contributed by atoms with van der Waals surface area (Å²) < 4.78 is 27.9. The van der Waals surface area contributed by atoms with Gasteiger partial charge in [-0.05, 0) is 24.3 Å². The number of anilines is 1. The largest absolute Gasteiger partial charge is 0.463 e. The molecule has 1 saturated heterocycles. The Hall–Kier alpha value is -2.66. The summed E-state index contributed by atoms with van der Waals surface area (Å²) in [5.74, 6) is -2.60. The van der Waals surface area contributed by atoms with Gasteiger partial charge in [0.05, 0.1) is 0 Å². The summed E-state index contributed by atoms with van der Waals surface area (Å²) >= 11 is 3.34. The van der Waals surface area contributed by atoms with E-state index in [9.17, 15) is 19.2 Å². The fraction of sp³-hybridized carbons (Fsp3) is 0.500. The lowest BCUT2D eigenvalue weighted by atomic mass is 9.97. The zero-order chi connectivity index (χ0) is 23.1. The van der Waals surface area contributed by atoms with E-state index in [2.05, 4.69) is 21.2 Å². The molecule has 2 rings (SSSR count). The van der Waals surface area contributed by atoms with Crippen LogP contribution in [0.25, 0.3) is 0 Å². The van der Waals surface area contributed by atoms with Gasteiger partial charge in [-0.2, -0.15) is 0 Å². The molecule has 1 heterocycles. The van der Waals surface area contributed by atoms with Crippen LogP contribution in [0, 0.1) is 0 Å². The first-order chi connectivity index (χ1) is 14.6. The van der Waals surface area contributed by atoms with E-state index >= 15 is 0 Å². The van der Waals surface area contributed by atoms with Gasteiger partial charge in [0.1, 0.15) is 12.7 Å². The third-order valence-electron chi connectivity index (χ3n) is 4.14. The van der Waals surface area contributed by atoms with Crippen molar-refractivity contribution in [2.75, 3.05) is 11.9 Å². The molecule has 1 aliphatic heterocycles. The molecule has 0 amide bonds. The molecule has 0 aliphatic carbocycles. The van der Waals surface area contributed by atoms with E-state index in [1.54, 1.807) is 24.3 Å². The van der Waals surface area contributed by atoms with Crippen LogP contribution < -0.4 is 5.32 Å². The van der Waals surface area contributed by atoms with Crippen LogP contribution in [0.4, 0.5) is 5.69 Å². The van der Waals surface area contributed by atoms with Crippen LogP contribution in [0.2, 0.25) is 0 Å². The van der Waals surface area contributed by atoms with Crippen molar-refractivity contribution in [3.8, 4) is 0 Å². The van der Waals surface area contributed by atoms with Gasteiger partial charge in [0.15, 0.2) is 24.5 Å². The van der Waals surface area contributed by atoms with E-state index in [0.717, 1.165) is 4.47 Å². The Morgan fingerprint density at radius 3 is 1.87 bits per heavy atom. The second-order valence-electron chi connectivity index (χ2n) is 6.77. The average molecular weight is 502 g/mol. The highest BCUT2D eigenvalue weighted by Gasteiger charge is 2.52. The van der Waals surface area contributed by atoms with Gasteiger partial charge in [-0.15, -0.1) is 0 Å². The van der Waals surface area contributed by atoms with E-state index in [1.807, 2.05) is 0 Å². The van der Waals surface area contributed by atoms with Crippen LogP contribution in [0.15, 0.2) is 28.7 Å². The number of ether oxygens (including phenoxy) is 5. The summed E-state index contributed by atoms with van der Waals surface area (Å²) in [5.41, 5.74) is 0.615. The second kappa shape index (κ2) is 11.1. The van der Waals surface area contributed by atoms with Gasteiger partial charge < -0.3 is 29.0 Å². The van der Waals surface area contributed by atoms with E-state index in [0.29, 0.717) is 5.69 Å². The quantitative estimate of drug-likeness (QED) is 0.437. The van der Waals surface area contributed by atoms with E-state index in [-0.39, 0.29) is 6.61 Å². The van der Waals surface area contributed by atoms with Crippen LogP contribution >= 0.6 is 15.9 Å². The molecule has 0 aromatic heterocycles. The fourth-order valence-corrected chi connectivity index (χ4v) is 3.32. The van der Waals surface area contributed by atoms with Gasteiger partial charge in [0, 0.05) is 37.9 Å². The molecule has 0 spiro atoms. The monoisotopic (exact) mass is 501 g/mol. The van der Waals surface area contributed by atoms with Crippen molar-refractivity contribution < 1.29 is 42.9 Å². The zero-order valence-electron chi connectivity index (χ0n) is 17.5. The zero-order valence-corrected chi connectivity index (χ0v) is 19.0. The number of halogens is 1. The first kappa shape index (κ1) is 24.6. The third-order valence-corrected chi connectivity index (χ3v) is 4.67. The standard InChI is InChI=1S/C20H24BrNO9/c1-10(23)27-9-16-17(28-11(2)24)18(29-12(3)25)19(30-13(4)26)20(31-16)22-15-7-5-14(21)6-8-15/h5-8,16-20,22H,9H2,1-4H3/t16-,17-,18+,19-,20-/m1/s1. The van der Waals surface area contributed by atoms with Crippen LogP contribution in [0.1, 0.15) is 27.7 Å². The summed E-state index contributed by atoms with van der Waals surface area (Å²) in [6.45, 7) is 4.46. The van der Waals surface area contributed by atoms with Crippen LogP contribution in [0.3, 0.4) is 0 Å². The maximum Gasteiger partial charge on any atom is 0.303 e. The summed E-state index contributed by atoms with van der Waals surface area (Å²) in [6.07, 6.45) is -5.58. The molecule has 1 aromatic rings. The van der Waals surface area contributed by atoms with Gasteiger partial charge in [-0.1, -0.05) is 15.9 Å². The normalized spacial score (nSPS) is 25.1. The molecular formula is C20H24BrNO9. The molecule has 170 valence electrons. The summed E-state index contributed by atoms with van der Waals surface area (Å²) in [5, 5.41) is 3.07. The number of carbonyl (C=O) groups excluding carboxylic acids is 4. The van der Waals surface area contributed by atoms with Crippen molar-refractivity contribution in [2.45, 2.75) is 58.3 Å². The fourth-order valence-electron chi connectivity index (χ4n) is 3.05. The van der Waals surface area contributed by atoms with E-state index < -0.39 is 54.5 Å². The second-order valence-corrected chi connectivity index (χ2v) is 7.69. The number of hydrogen-bond donors (Lipinski definition) is 1. The Labute approximate surface area is 187 Å². The van der Waals surface area contributed by atoms with Crippen molar-refractivity contribution in [1.82, 2.24) is 0 Å². The number of rotatable bonds is 7. The highest BCUT2D eigenvalue weighted by Crippen LogP contribution is 2.30. The highest BCUT2D eigenvalue weighted by atomic mass is 79.9. The van der Waals surface area contributed by atoms with Crippen LogP contribution in [0.5, 0.6) is 0 Å². The number of esters is 4. The van der Waals surface area contributed by atoms with Gasteiger partial charge in [0.25, 0.3) is 0 Å².